The Hall–Kier alpha value is -2.87. The summed E-state index contributed by atoms with van der Waals surface area (Å²) in [5.41, 5.74) is 2.70. The molecule has 1 atom stereocenters. The molecule has 1 aliphatic rings. The monoisotopic (exact) mass is 447 g/mol. The van der Waals surface area contributed by atoms with Crippen LogP contribution in [0.1, 0.15) is 36.1 Å². The van der Waals surface area contributed by atoms with Crippen LogP contribution in [0.25, 0.3) is 0 Å². The molecule has 0 saturated carbocycles. The molecule has 1 heterocycles. The molecule has 5 nitrogen and oxygen atoms in total. The zero-order valence-corrected chi connectivity index (χ0v) is 18.1. The number of hydrogen-bond acceptors (Lipinski definition) is 3. The Labute approximate surface area is 186 Å². The summed E-state index contributed by atoms with van der Waals surface area (Å²) in [4.78, 5) is 28.4. The number of piperazine rings is 1. The quantitative estimate of drug-likeness (QED) is 0.704. The highest BCUT2D eigenvalue weighted by molar-refractivity contribution is 5.83. The number of benzene rings is 2. The maximum absolute atomic E-state index is 12.9. The maximum atomic E-state index is 12.9. The van der Waals surface area contributed by atoms with Gasteiger partial charge in [0.15, 0.2) is 0 Å². The number of carbonyl (C=O) groups excluding carboxylic acids is 2. The zero-order valence-electron chi connectivity index (χ0n) is 18.1. The third-order valence-electron chi connectivity index (χ3n) is 5.71. The van der Waals surface area contributed by atoms with Crippen molar-refractivity contribution in [2.24, 2.45) is 0 Å². The average Bonchev–Trinajstić information content (AvgIpc) is 2.79. The van der Waals surface area contributed by atoms with E-state index in [1.807, 2.05) is 30.4 Å². The van der Waals surface area contributed by atoms with E-state index >= 15 is 0 Å². The van der Waals surface area contributed by atoms with Gasteiger partial charge in [0, 0.05) is 32.7 Å². The fourth-order valence-electron chi connectivity index (χ4n) is 3.78. The lowest BCUT2D eigenvalue weighted by Gasteiger charge is -2.35. The highest BCUT2D eigenvalue weighted by atomic mass is 19.4. The first-order chi connectivity index (χ1) is 15.3. The highest BCUT2D eigenvalue weighted by Crippen LogP contribution is 2.23. The van der Waals surface area contributed by atoms with E-state index < -0.39 is 18.1 Å². The van der Waals surface area contributed by atoms with Crippen molar-refractivity contribution < 1.29 is 22.8 Å². The number of halogens is 3. The smallest absolute Gasteiger partial charge is 0.341 e. The van der Waals surface area contributed by atoms with Crippen molar-refractivity contribution in [3.63, 3.8) is 0 Å². The fourth-order valence-corrected chi connectivity index (χ4v) is 3.78. The normalized spacial score (nSPS) is 15.9. The summed E-state index contributed by atoms with van der Waals surface area (Å²) in [7, 11) is 0. The number of nitrogens with one attached hydrogen (secondary N) is 1. The molecular formula is C24H28F3N3O2. The van der Waals surface area contributed by atoms with Crippen LogP contribution in [0.3, 0.4) is 0 Å². The Bertz CT molecular complexity index is 893. The SMILES string of the molecule is CCc1ccc([C@H](CC(=O)N2CCN(Cc3ccccc3)CC2)NC(=O)C(F)(F)F)cc1. The second kappa shape index (κ2) is 10.6. The van der Waals surface area contributed by atoms with Crippen LogP contribution in [0.15, 0.2) is 54.6 Å². The topological polar surface area (TPSA) is 52.7 Å². The predicted octanol–water partition coefficient (Wildman–Crippen LogP) is 3.70. The molecule has 1 aliphatic heterocycles. The number of rotatable bonds is 7. The standard InChI is InChI=1S/C24H28F3N3O2/c1-2-18-8-10-20(11-9-18)21(28-23(32)24(25,26)27)16-22(31)30-14-12-29(13-15-30)17-19-6-4-3-5-7-19/h3-11,21H,2,12-17H2,1H3,(H,28,32)/t21-/m0/s1. The van der Waals surface area contributed by atoms with Crippen molar-refractivity contribution in [3.05, 3.63) is 71.3 Å². The minimum Gasteiger partial charge on any atom is -0.341 e. The van der Waals surface area contributed by atoms with Gasteiger partial charge in [0.2, 0.25) is 5.91 Å². The van der Waals surface area contributed by atoms with E-state index in [4.69, 9.17) is 0 Å². The van der Waals surface area contributed by atoms with E-state index in [1.54, 1.807) is 29.2 Å². The first-order valence-electron chi connectivity index (χ1n) is 10.8. The van der Waals surface area contributed by atoms with Gasteiger partial charge in [0.1, 0.15) is 0 Å². The molecule has 2 aromatic carbocycles. The fraction of sp³-hybridized carbons (Fsp3) is 0.417. The van der Waals surface area contributed by atoms with Crippen LogP contribution >= 0.6 is 0 Å². The van der Waals surface area contributed by atoms with Crippen LogP contribution in [-0.4, -0.2) is 54.0 Å². The Kier molecular flexibility index (Phi) is 7.90. The lowest BCUT2D eigenvalue weighted by Crippen LogP contribution is -2.49. The van der Waals surface area contributed by atoms with Gasteiger partial charge in [0.25, 0.3) is 0 Å². The molecule has 2 aromatic rings. The van der Waals surface area contributed by atoms with Gasteiger partial charge in [-0.15, -0.1) is 0 Å². The van der Waals surface area contributed by atoms with Crippen LogP contribution in [0.2, 0.25) is 0 Å². The number of alkyl halides is 3. The van der Waals surface area contributed by atoms with E-state index in [0.29, 0.717) is 31.7 Å². The largest absolute Gasteiger partial charge is 0.471 e. The van der Waals surface area contributed by atoms with Crippen molar-refractivity contribution in [3.8, 4) is 0 Å². The zero-order chi connectivity index (χ0) is 23.1. The van der Waals surface area contributed by atoms with E-state index in [2.05, 4.69) is 17.0 Å². The van der Waals surface area contributed by atoms with E-state index in [9.17, 15) is 22.8 Å². The molecule has 32 heavy (non-hydrogen) atoms. The minimum absolute atomic E-state index is 0.216. The number of nitrogens with zero attached hydrogens (tertiary/aromatic N) is 2. The number of amides is 2. The molecule has 8 heteroatoms. The van der Waals surface area contributed by atoms with Crippen molar-refractivity contribution >= 4 is 11.8 Å². The molecular weight excluding hydrogens is 419 g/mol. The third-order valence-corrected chi connectivity index (χ3v) is 5.71. The Morgan fingerprint density at radius 1 is 0.938 bits per heavy atom. The molecule has 0 aliphatic carbocycles. The van der Waals surface area contributed by atoms with Gasteiger partial charge in [-0.05, 0) is 23.1 Å². The van der Waals surface area contributed by atoms with Crippen LogP contribution in [0.5, 0.6) is 0 Å². The second-order valence-electron chi connectivity index (χ2n) is 7.97. The van der Waals surface area contributed by atoms with Crippen molar-refractivity contribution in [2.75, 3.05) is 26.2 Å². The van der Waals surface area contributed by atoms with Crippen LogP contribution in [0.4, 0.5) is 13.2 Å². The summed E-state index contributed by atoms with van der Waals surface area (Å²) in [5, 5.41) is 2.00. The van der Waals surface area contributed by atoms with Crippen molar-refractivity contribution in [1.29, 1.82) is 0 Å². The summed E-state index contributed by atoms with van der Waals surface area (Å²) in [5.74, 6) is -2.31. The second-order valence-corrected chi connectivity index (χ2v) is 7.97. The van der Waals surface area contributed by atoms with Gasteiger partial charge in [-0.2, -0.15) is 13.2 Å². The number of hydrogen-bond donors (Lipinski definition) is 1. The first kappa shape index (κ1) is 23.8. The van der Waals surface area contributed by atoms with Gasteiger partial charge < -0.3 is 10.2 Å². The lowest BCUT2D eigenvalue weighted by molar-refractivity contribution is -0.174. The van der Waals surface area contributed by atoms with Gasteiger partial charge in [0.05, 0.1) is 12.5 Å². The summed E-state index contributed by atoms with van der Waals surface area (Å²) < 4.78 is 38.5. The molecule has 0 bridgehead atoms. The summed E-state index contributed by atoms with van der Waals surface area (Å²) >= 11 is 0. The summed E-state index contributed by atoms with van der Waals surface area (Å²) in [6.45, 7) is 5.13. The molecule has 0 aromatic heterocycles. The van der Waals surface area contributed by atoms with E-state index in [1.165, 1.54) is 5.56 Å². The minimum atomic E-state index is -5.01. The number of aryl methyl sites for hydroxylation is 1. The molecule has 2 amide bonds. The molecule has 1 N–H and O–H groups in total. The van der Waals surface area contributed by atoms with Gasteiger partial charge in [-0.3, -0.25) is 14.5 Å². The Balaban J connectivity index is 1.62. The molecule has 172 valence electrons. The molecule has 0 unspecified atom stereocenters. The maximum Gasteiger partial charge on any atom is 0.471 e. The molecule has 1 fully saturated rings. The van der Waals surface area contributed by atoms with E-state index in [0.717, 1.165) is 18.5 Å². The predicted molar refractivity (Wildman–Crippen MR) is 116 cm³/mol. The van der Waals surface area contributed by atoms with Gasteiger partial charge in [-0.25, -0.2) is 0 Å². The third kappa shape index (κ3) is 6.56. The molecule has 0 radical (unpaired) electrons. The van der Waals surface area contributed by atoms with Gasteiger partial charge >= 0.3 is 12.1 Å². The van der Waals surface area contributed by atoms with Crippen molar-refractivity contribution in [1.82, 2.24) is 15.1 Å². The lowest BCUT2D eigenvalue weighted by atomic mass is 10.00. The van der Waals surface area contributed by atoms with Gasteiger partial charge in [-0.1, -0.05) is 61.5 Å². The number of carbonyl (C=O) groups is 2. The van der Waals surface area contributed by atoms with E-state index in [-0.39, 0.29) is 12.3 Å². The average molecular weight is 448 g/mol. The highest BCUT2D eigenvalue weighted by Gasteiger charge is 2.40. The van der Waals surface area contributed by atoms with Crippen LogP contribution in [0, 0.1) is 0 Å². The Morgan fingerprint density at radius 2 is 1.56 bits per heavy atom. The first-order valence-corrected chi connectivity index (χ1v) is 10.8. The Morgan fingerprint density at radius 3 is 2.12 bits per heavy atom. The van der Waals surface area contributed by atoms with Crippen LogP contribution in [-0.2, 0) is 22.6 Å². The van der Waals surface area contributed by atoms with Crippen LogP contribution < -0.4 is 5.32 Å². The molecule has 3 rings (SSSR count). The molecule has 1 saturated heterocycles. The summed E-state index contributed by atoms with van der Waals surface area (Å²) in [6.07, 6.45) is -4.44. The van der Waals surface area contributed by atoms with Crippen molar-refractivity contribution in [2.45, 2.75) is 38.5 Å². The summed E-state index contributed by atoms with van der Waals surface area (Å²) in [6, 6.07) is 15.9. The molecule has 0 spiro atoms.